The van der Waals surface area contributed by atoms with Gasteiger partial charge in [-0.1, -0.05) is 30.3 Å². The molecule has 0 saturated heterocycles. The zero-order chi connectivity index (χ0) is 25.5. The third-order valence-corrected chi connectivity index (χ3v) is 5.60. The first kappa shape index (κ1) is 24.5. The second-order valence-corrected chi connectivity index (χ2v) is 8.36. The van der Waals surface area contributed by atoms with E-state index in [1.807, 2.05) is 78.2 Å². The Balaban J connectivity index is 1.32. The van der Waals surface area contributed by atoms with Crippen molar-refractivity contribution in [2.24, 2.45) is 0 Å². The van der Waals surface area contributed by atoms with Gasteiger partial charge in [-0.05, 0) is 60.0 Å². The second kappa shape index (κ2) is 11.2. The lowest BCUT2D eigenvalue weighted by atomic mass is 10.1. The fourth-order valence-electron chi connectivity index (χ4n) is 3.71. The SMILES string of the molecule is COc1ccc(CC(=O)Nc2ccc(Cn3cnc(C(=O)Nc4cc(C)ccc4OC)c3)cc2)cc1. The molecule has 0 radical (unpaired) electrons. The van der Waals surface area contributed by atoms with E-state index in [0.29, 0.717) is 23.7 Å². The largest absolute Gasteiger partial charge is 0.497 e. The summed E-state index contributed by atoms with van der Waals surface area (Å²) in [5, 5.41) is 5.77. The first-order valence-corrected chi connectivity index (χ1v) is 11.4. The number of aromatic nitrogens is 2. The minimum absolute atomic E-state index is 0.0941. The van der Waals surface area contributed by atoms with Crippen LogP contribution in [0.25, 0.3) is 0 Å². The van der Waals surface area contributed by atoms with Crippen LogP contribution in [-0.4, -0.2) is 35.6 Å². The summed E-state index contributed by atoms with van der Waals surface area (Å²) in [5.74, 6) is 0.937. The number of benzene rings is 3. The maximum atomic E-state index is 12.7. The highest BCUT2D eigenvalue weighted by Gasteiger charge is 2.13. The number of nitrogens with zero attached hydrogens (tertiary/aromatic N) is 2. The molecule has 0 spiro atoms. The van der Waals surface area contributed by atoms with E-state index >= 15 is 0 Å². The van der Waals surface area contributed by atoms with Crippen molar-refractivity contribution in [1.29, 1.82) is 0 Å². The van der Waals surface area contributed by atoms with Crippen LogP contribution >= 0.6 is 0 Å². The van der Waals surface area contributed by atoms with E-state index < -0.39 is 0 Å². The summed E-state index contributed by atoms with van der Waals surface area (Å²) in [4.78, 5) is 29.3. The summed E-state index contributed by atoms with van der Waals surface area (Å²) in [6.45, 7) is 2.48. The van der Waals surface area contributed by atoms with E-state index in [2.05, 4.69) is 15.6 Å². The van der Waals surface area contributed by atoms with Crippen molar-refractivity contribution in [2.45, 2.75) is 19.9 Å². The number of ether oxygens (including phenoxy) is 2. The van der Waals surface area contributed by atoms with E-state index in [0.717, 1.165) is 28.1 Å². The molecule has 0 bridgehead atoms. The highest BCUT2D eigenvalue weighted by atomic mass is 16.5. The molecule has 1 heterocycles. The van der Waals surface area contributed by atoms with Gasteiger partial charge in [0.15, 0.2) is 0 Å². The van der Waals surface area contributed by atoms with Gasteiger partial charge in [0.25, 0.3) is 5.91 Å². The monoisotopic (exact) mass is 484 g/mol. The highest BCUT2D eigenvalue weighted by molar-refractivity contribution is 6.03. The summed E-state index contributed by atoms with van der Waals surface area (Å²) in [7, 11) is 3.17. The normalized spacial score (nSPS) is 10.5. The molecule has 36 heavy (non-hydrogen) atoms. The van der Waals surface area contributed by atoms with Gasteiger partial charge >= 0.3 is 0 Å². The van der Waals surface area contributed by atoms with E-state index in [1.165, 1.54) is 0 Å². The zero-order valence-corrected chi connectivity index (χ0v) is 20.4. The zero-order valence-electron chi connectivity index (χ0n) is 20.4. The molecule has 4 aromatic rings. The third-order valence-electron chi connectivity index (χ3n) is 5.60. The molecule has 0 atom stereocenters. The van der Waals surface area contributed by atoms with Crippen LogP contribution in [-0.2, 0) is 17.8 Å². The number of hydrogen-bond donors (Lipinski definition) is 2. The maximum absolute atomic E-state index is 12.7. The molecule has 4 rings (SSSR count). The van der Waals surface area contributed by atoms with Crippen molar-refractivity contribution < 1.29 is 19.1 Å². The number of hydrogen-bond acceptors (Lipinski definition) is 5. The number of imidazole rings is 1. The predicted octanol–water partition coefficient (Wildman–Crippen LogP) is 4.69. The van der Waals surface area contributed by atoms with Crippen LogP contribution in [0, 0.1) is 6.92 Å². The molecule has 0 saturated carbocycles. The van der Waals surface area contributed by atoms with Crippen LogP contribution in [0.4, 0.5) is 11.4 Å². The fraction of sp³-hybridized carbons (Fsp3) is 0.179. The van der Waals surface area contributed by atoms with Crippen molar-refractivity contribution in [3.05, 3.63) is 102 Å². The lowest BCUT2D eigenvalue weighted by molar-refractivity contribution is -0.115. The van der Waals surface area contributed by atoms with Gasteiger partial charge in [-0.15, -0.1) is 0 Å². The van der Waals surface area contributed by atoms with Crippen molar-refractivity contribution in [2.75, 3.05) is 24.9 Å². The van der Waals surface area contributed by atoms with E-state index in [4.69, 9.17) is 9.47 Å². The second-order valence-electron chi connectivity index (χ2n) is 8.36. The number of carbonyl (C=O) groups is 2. The quantitative estimate of drug-likeness (QED) is 0.359. The fourth-order valence-corrected chi connectivity index (χ4v) is 3.71. The van der Waals surface area contributed by atoms with Crippen LogP contribution < -0.4 is 20.1 Å². The number of methoxy groups -OCH3 is 2. The predicted molar refractivity (Wildman–Crippen MR) is 139 cm³/mol. The average molecular weight is 485 g/mol. The van der Waals surface area contributed by atoms with Crippen molar-refractivity contribution >= 4 is 23.2 Å². The first-order valence-electron chi connectivity index (χ1n) is 11.4. The maximum Gasteiger partial charge on any atom is 0.275 e. The molecule has 0 fully saturated rings. The summed E-state index contributed by atoms with van der Waals surface area (Å²) in [6.07, 6.45) is 3.59. The minimum atomic E-state index is -0.312. The number of amides is 2. The molecular weight excluding hydrogens is 456 g/mol. The molecule has 184 valence electrons. The Bertz CT molecular complexity index is 1340. The van der Waals surface area contributed by atoms with Gasteiger partial charge in [0, 0.05) is 18.4 Å². The Morgan fingerprint density at radius 2 is 1.61 bits per heavy atom. The summed E-state index contributed by atoms with van der Waals surface area (Å²) in [5.41, 5.74) is 4.55. The van der Waals surface area contributed by atoms with Gasteiger partial charge < -0.3 is 24.7 Å². The van der Waals surface area contributed by atoms with Crippen LogP contribution in [0.15, 0.2) is 79.3 Å². The number of rotatable bonds is 9. The van der Waals surface area contributed by atoms with Crippen LogP contribution in [0.1, 0.15) is 27.2 Å². The standard InChI is InChI=1S/C28H28N4O4/c1-19-4-13-26(36-3)24(14-19)31-28(34)25-17-32(18-29-25)16-21-5-9-22(10-6-21)30-27(33)15-20-7-11-23(35-2)12-8-20/h4-14,17-18H,15-16H2,1-3H3,(H,30,33)(H,31,34). The van der Waals surface area contributed by atoms with Gasteiger partial charge in [-0.2, -0.15) is 0 Å². The van der Waals surface area contributed by atoms with Crippen LogP contribution in [0.5, 0.6) is 11.5 Å². The molecule has 3 aromatic carbocycles. The Morgan fingerprint density at radius 1 is 0.889 bits per heavy atom. The minimum Gasteiger partial charge on any atom is -0.497 e. The number of anilines is 2. The Morgan fingerprint density at radius 3 is 2.31 bits per heavy atom. The van der Waals surface area contributed by atoms with Crippen molar-refractivity contribution in [1.82, 2.24) is 9.55 Å². The molecule has 0 unspecified atom stereocenters. The molecule has 0 aliphatic heterocycles. The van der Waals surface area contributed by atoms with Gasteiger partial charge in [0.05, 0.1) is 32.7 Å². The van der Waals surface area contributed by atoms with E-state index in [9.17, 15) is 9.59 Å². The van der Waals surface area contributed by atoms with Crippen molar-refractivity contribution in [3.8, 4) is 11.5 Å². The van der Waals surface area contributed by atoms with Gasteiger partial charge in [-0.25, -0.2) is 4.98 Å². The molecule has 1 aromatic heterocycles. The molecule has 2 amide bonds. The Kier molecular flexibility index (Phi) is 7.65. The molecule has 0 aliphatic rings. The topological polar surface area (TPSA) is 94.5 Å². The average Bonchev–Trinajstić information content (AvgIpc) is 3.34. The number of aryl methyl sites for hydroxylation is 1. The molecule has 8 heteroatoms. The lowest BCUT2D eigenvalue weighted by Gasteiger charge is -2.10. The van der Waals surface area contributed by atoms with Crippen molar-refractivity contribution in [3.63, 3.8) is 0 Å². The van der Waals surface area contributed by atoms with Crippen LogP contribution in [0.3, 0.4) is 0 Å². The Labute approximate surface area is 209 Å². The van der Waals surface area contributed by atoms with E-state index in [1.54, 1.807) is 26.7 Å². The third kappa shape index (κ3) is 6.29. The highest BCUT2D eigenvalue weighted by Crippen LogP contribution is 2.25. The van der Waals surface area contributed by atoms with Gasteiger partial charge in [0.2, 0.25) is 5.91 Å². The first-order chi connectivity index (χ1) is 17.4. The van der Waals surface area contributed by atoms with Gasteiger partial charge in [-0.3, -0.25) is 9.59 Å². The lowest BCUT2D eigenvalue weighted by Crippen LogP contribution is -2.14. The smallest absolute Gasteiger partial charge is 0.275 e. The number of nitrogens with one attached hydrogen (secondary N) is 2. The van der Waals surface area contributed by atoms with Crippen LogP contribution in [0.2, 0.25) is 0 Å². The molecular formula is C28H28N4O4. The van der Waals surface area contributed by atoms with E-state index in [-0.39, 0.29) is 18.2 Å². The van der Waals surface area contributed by atoms with Gasteiger partial charge in [0.1, 0.15) is 17.2 Å². The number of carbonyl (C=O) groups excluding carboxylic acids is 2. The summed E-state index contributed by atoms with van der Waals surface area (Å²) < 4.78 is 12.3. The summed E-state index contributed by atoms with van der Waals surface area (Å²) in [6, 6.07) is 20.6. The molecule has 2 N–H and O–H groups in total. The molecule has 0 aliphatic carbocycles. The Hall–Kier alpha value is -4.59. The summed E-state index contributed by atoms with van der Waals surface area (Å²) >= 11 is 0. The molecule has 8 nitrogen and oxygen atoms in total.